The van der Waals surface area contributed by atoms with Gasteiger partial charge in [0.1, 0.15) is 11.3 Å². The van der Waals surface area contributed by atoms with Crippen LogP contribution in [-0.4, -0.2) is 22.0 Å². The number of aromatic nitrogens is 2. The first-order valence-corrected chi connectivity index (χ1v) is 7.25. The average molecular weight is 328 g/mol. The third-order valence-corrected chi connectivity index (χ3v) is 4.66. The van der Waals surface area contributed by atoms with Gasteiger partial charge in [-0.3, -0.25) is 14.7 Å². The van der Waals surface area contributed by atoms with Gasteiger partial charge in [0.15, 0.2) is 5.82 Å². The number of nitrogens with zero attached hydrogens (tertiary/aromatic N) is 2. The van der Waals surface area contributed by atoms with Crippen molar-refractivity contribution in [3.05, 3.63) is 40.0 Å². The topological polar surface area (TPSA) is 111 Å². The molecule has 2 atom stereocenters. The third kappa shape index (κ3) is 1.51. The van der Waals surface area contributed by atoms with E-state index in [1.807, 2.05) is 6.07 Å². The minimum Gasteiger partial charge on any atom is -0.325 e. The van der Waals surface area contributed by atoms with Gasteiger partial charge in [0.25, 0.3) is 0 Å². The van der Waals surface area contributed by atoms with Crippen molar-refractivity contribution in [3.63, 3.8) is 0 Å². The van der Waals surface area contributed by atoms with Crippen LogP contribution in [0, 0.1) is 24.2 Å². The van der Waals surface area contributed by atoms with Crippen LogP contribution in [0.4, 0.5) is 11.5 Å². The number of aryl methyl sites for hydroxylation is 1. The molecular formula is C15H10ClN5O2. The molecule has 2 aromatic rings. The molecule has 2 aliphatic heterocycles. The molecule has 1 aromatic carbocycles. The van der Waals surface area contributed by atoms with Gasteiger partial charge in [-0.2, -0.15) is 10.4 Å². The van der Waals surface area contributed by atoms with Crippen LogP contribution in [0.3, 0.4) is 0 Å². The summed E-state index contributed by atoms with van der Waals surface area (Å²) in [5.74, 6) is -1.94. The fourth-order valence-electron chi connectivity index (χ4n) is 3.52. The van der Waals surface area contributed by atoms with Crippen LogP contribution < -0.4 is 10.6 Å². The lowest BCUT2D eigenvalue weighted by molar-refractivity contribution is -0.127. The van der Waals surface area contributed by atoms with Crippen molar-refractivity contribution in [2.75, 3.05) is 10.6 Å². The lowest BCUT2D eigenvalue weighted by Crippen LogP contribution is -2.51. The fourth-order valence-corrected chi connectivity index (χ4v) is 3.69. The molecule has 1 spiro atoms. The summed E-state index contributed by atoms with van der Waals surface area (Å²) in [5.41, 5.74) is 0.720. The van der Waals surface area contributed by atoms with E-state index in [9.17, 15) is 14.9 Å². The van der Waals surface area contributed by atoms with Crippen LogP contribution in [0.25, 0.3) is 0 Å². The molecule has 0 fully saturated rings. The second-order valence-corrected chi connectivity index (χ2v) is 6.01. The number of nitrogens with one attached hydrogen (secondary N) is 3. The molecule has 4 rings (SSSR count). The molecule has 2 aliphatic rings. The first-order valence-electron chi connectivity index (χ1n) is 6.87. The van der Waals surface area contributed by atoms with Crippen molar-refractivity contribution in [1.82, 2.24) is 10.2 Å². The molecule has 3 heterocycles. The number of amides is 2. The van der Waals surface area contributed by atoms with Crippen molar-refractivity contribution >= 4 is 34.9 Å². The Bertz CT molecular complexity index is 928. The van der Waals surface area contributed by atoms with E-state index >= 15 is 0 Å². The molecule has 1 aromatic heterocycles. The summed E-state index contributed by atoms with van der Waals surface area (Å²) in [7, 11) is 0. The van der Waals surface area contributed by atoms with Crippen LogP contribution in [-0.2, 0) is 15.0 Å². The van der Waals surface area contributed by atoms with Crippen LogP contribution in [0.15, 0.2) is 18.2 Å². The maximum Gasteiger partial charge on any atom is 0.244 e. The summed E-state index contributed by atoms with van der Waals surface area (Å²) in [6, 6.07) is 6.91. The number of aromatic amines is 1. The largest absolute Gasteiger partial charge is 0.325 e. The van der Waals surface area contributed by atoms with Gasteiger partial charge in [-0.25, -0.2) is 0 Å². The van der Waals surface area contributed by atoms with Crippen LogP contribution in [0.5, 0.6) is 0 Å². The number of rotatable bonds is 0. The van der Waals surface area contributed by atoms with E-state index in [-0.39, 0.29) is 5.82 Å². The highest BCUT2D eigenvalue weighted by atomic mass is 35.5. The number of hydrogen-bond acceptors (Lipinski definition) is 4. The minimum absolute atomic E-state index is 0.266. The molecule has 23 heavy (non-hydrogen) atoms. The first kappa shape index (κ1) is 13.8. The Morgan fingerprint density at radius 1 is 1.35 bits per heavy atom. The van der Waals surface area contributed by atoms with Gasteiger partial charge in [0, 0.05) is 22.0 Å². The smallest absolute Gasteiger partial charge is 0.244 e. The highest BCUT2D eigenvalue weighted by Gasteiger charge is 2.61. The number of benzene rings is 1. The molecule has 114 valence electrons. The van der Waals surface area contributed by atoms with E-state index in [1.54, 1.807) is 25.1 Å². The van der Waals surface area contributed by atoms with Gasteiger partial charge >= 0.3 is 0 Å². The Labute approximate surface area is 135 Å². The van der Waals surface area contributed by atoms with Crippen molar-refractivity contribution < 1.29 is 9.59 Å². The van der Waals surface area contributed by atoms with Crippen LogP contribution in [0.2, 0.25) is 5.02 Å². The number of halogens is 1. The molecule has 0 saturated heterocycles. The molecule has 0 saturated carbocycles. The quantitative estimate of drug-likeness (QED) is 0.683. The number of nitriles is 1. The van der Waals surface area contributed by atoms with Gasteiger partial charge in [-0.05, 0) is 30.7 Å². The lowest BCUT2D eigenvalue weighted by atomic mass is 9.64. The maximum absolute atomic E-state index is 12.9. The second-order valence-electron chi connectivity index (χ2n) is 5.58. The molecule has 0 bridgehead atoms. The molecule has 0 radical (unpaired) electrons. The van der Waals surface area contributed by atoms with Gasteiger partial charge in [0.05, 0.1) is 6.07 Å². The van der Waals surface area contributed by atoms with Gasteiger partial charge in [-0.15, -0.1) is 0 Å². The SMILES string of the molecule is Cc1[nH]nc2c1[C@]1(C(=O)Nc3ccc(Cl)cc31)[C@H](C#N)C(=O)N2. The van der Waals surface area contributed by atoms with Crippen molar-refractivity contribution in [3.8, 4) is 6.07 Å². The van der Waals surface area contributed by atoms with E-state index < -0.39 is 23.1 Å². The highest BCUT2D eigenvalue weighted by molar-refractivity contribution is 6.31. The number of fused-ring (bicyclic) bond motifs is 4. The zero-order valence-corrected chi connectivity index (χ0v) is 12.7. The Kier molecular flexibility index (Phi) is 2.60. The van der Waals surface area contributed by atoms with E-state index in [0.717, 1.165) is 0 Å². The first-order chi connectivity index (χ1) is 11.0. The van der Waals surface area contributed by atoms with Crippen LogP contribution in [0.1, 0.15) is 16.8 Å². The number of H-pyrrole nitrogens is 1. The maximum atomic E-state index is 12.9. The van der Waals surface area contributed by atoms with Gasteiger partial charge in [0.2, 0.25) is 11.8 Å². The van der Waals surface area contributed by atoms with E-state index in [0.29, 0.717) is 27.5 Å². The summed E-state index contributed by atoms with van der Waals surface area (Å²) >= 11 is 6.10. The zero-order chi connectivity index (χ0) is 16.4. The average Bonchev–Trinajstić information content (AvgIpc) is 3.00. The molecule has 3 N–H and O–H groups in total. The predicted molar refractivity (Wildman–Crippen MR) is 81.9 cm³/mol. The minimum atomic E-state index is -1.45. The second kappa shape index (κ2) is 4.33. The standard InChI is InChI=1S/C15H10ClN5O2/c1-6-11-12(21-20-6)19-13(22)9(5-17)15(11)8-4-7(16)2-3-10(8)18-14(15)23/h2-4,9H,1H3,(H,18,23)(H2,19,20,21,22)/t9-,15-/m1/s1. The molecule has 7 nitrogen and oxygen atoms in total. The Morgan fingerprint density at radius 2 is 2.13 bits per heavy atom. The molecule has 8 heteroatoms. The number of anilines is 2. The molecule has 0 aliphatic carbocycles. The van der Waals surface area contributed by atoms with E-state index in [2.05, 4.69) is 20.8 Å². The fraction of sp³-hybridized carbons (Fsp3) is 0.200. The summed E-state index contributed by atoms with van der Waals surface area (Å²) in [6.45, 7) is 1.75. The highest BCUT2D eigenvalue weighted by Crippen LogP contribution is 2.53. The number of carbonyl (C=O) groups excluding carboxylic acids is 2. The van der Waals surface area contributed by atoms with Crippen molar-refractivity contribution in [2.45, 2.75) is 12.3 Å². The van der Waals surface area contributed by atoms with Crippen LogP contribution >= 0.6 is 11.6 Å². The normalized spacial score (nSPS) is 24.7. The lowest BCUT2D eigenvalue weighted by Gasteiger charge is -2.35. The summed E-state index contributed by atoms with van der Waals surface area (Å²) in [6.07, 6.45) is 0. The van der Waals surface area contributed by atoms with Gasteiger partial charge in [-0.1, -0.05) is 11.6 Å². The zero-order valence-electron chi connectivity index (χ0n) is 11.9. The van der Waals surface area contributed by atoms with E-state index in [4.69, 9.17) is 11.6 Å². The number of carbonyl (C=O) groups is 2. The van der Waals surface area contributed by atoms with Gasteiger partial charge < -0.3 is 10.6 Å². The van der Waals surface area contributed by atoms with Crippen molar-refractivity contribution in [2.24, 2.45) is 5.92 Å². The van der Waals surface area contributed by atoms with Crippen molar-refractivity contribution in [1.29, 1.82) is 5.26 Å². The molecular weight excluding hydrogens is 318 g/mol. The number of hydrogen-bond donors (Lipinski definition) is 3. The molecule has 2 amide bonds. The Morgan fingerprint density at radius 3 is 2.87 bits per heavy atom. The third-order valence-electron chi connectivity index (χ3n) is 4.42. The summed E-state index contributed by atoms with van der Waals surface area (Å²) in [5, 5.41) is 22.2. The monoisotopic (exact) mass is 327 g/mol. The summed E-state index contributed by atoms with van der Waals surface area (Å²) in [4.78, 5) is 25.3. The Balaban J connectivity index is 2.15. The van der Waals surface area contributed by atoms with E-state index in [1.165, 1.54) is 0 Å². The summed E-state index contributed by atoms with van der Waals surface area (Å²) < 4.78 is 0. The molecule has 0 unspecified atom stereocenters. The predicted octanol–water partition coefficient (Wildman–Crippen LogP) is 1.70. The Hall–Kier alpha value is -2.85.